The average molecular weight is 739 g/mol. The average Bonchev–Trinajstić information content (AvgIpc) is 3.19. The lowest BCUT2D eigenvalue weighted by atomic mass is 10.0. The fourth-order valence-corrected chi connectivity index (χ4v) is 6.17. The number of rotatable bonds is 38. The SMILES string of the molecule is CCCCCCCCCCCCCCC(=COC=C(CCCCCCCCCCCCCC)OOOCc1ccccc1)OOOCc1ccccc1. The first-order chi connectivity index (χ1) is 26.3. The molecule has 0 aliphatic heterocycles. The Hall–Kier alpha value is -2.84. The lowest BCUT2D eigenvalue weighted by Crippen LogP contribution is -2.00. The highest BCUT2D eigenvalue weighted by Crippen LogP contribution is 2.19. The van der Waals surface area contributed by atoms with Gasteiger partial charge in [0.2, 0.25) is 0 Å². The summed E-state index contributed by atoms with van der Waals surface area (Å²) in [5.74, 6) is 1.10. The summed E-state index contributed by atoms with van der Waals surface area (Å²) in [5, 5.41) is 10.3. The topological polar surface area (TPSA) is 64.6 Å². The minimum absolute atomic E-state index is 0.283. The van der Waals surface area contributed by atoms with Crippen molar-refractivity contribution in [3.05, 3.63) is 95.8 Å². The van der Waals surface area contributed by atoms with Crippen LogP contribution >= 0.6 is 0 Å². The Labute approximate surface area is 323 Å². The summed E-state index contributed by atoms with van der Waals surface area (Å²) < 4.78 is 5.86. The maximum atomic E-state index is 5.86. The third-order valence-electron chi connectivity index (χ3n) is 9.47. The Morgan fingerprint density at radius 2 is 0.698 bits per heavy atom. The van der Waals surface area contributed by atoms with Crippen LogP contribution in [-0.2, 0) is 47.6 Å². The molecule has 0 saturated heterocycles. The molecule has 0 aromatic heterocycles. The van der Waals surface area contributed by atoms with E-state index in [0.717, 1.165) is 36.8 Å². The molecule has 0 N–H and O–H groups in total. The molecule has 0 spiro atoms. The molecular formula is C46H74O7. The van der Waals surface area contributed by atoms with Crippen molar-refractivity contribution in [1.29, 1.82) is 0 Å². The number of unbranched alkanes of at least 4 members (excludes halogenated alkanes) is 22. The molecule has 2 aromatic carbocycles. The van der Waals surface area contributed by atoms with Crippen LogP contribution in [-0.4, -0.2) is 0 Å². The van der Waals surface area contributed by atoms with Crippen molar-refractivity contribution >= 4 is 0 Å². The Kier molecular flexibility index (Phi) is 31.6. The van der Waals surface area contributed by atoms with E-state index in [1.165, 1.54) is 128 Å². The monoisotopic (exact) mass is 739 g/mol. The number of hydrogen-bond donors (Lipinski definition) is 0. The van der Waals surface area contributed by atoms with Gasteiger partial charge in [-0.05, 0) is 34.0 Å². The molecule has 53 heavy (non-hydrogen) atoms. The molecule has 300 valence electrons. The molecule has 0 unspecified atom stereocenters. The van der Waals surface area contributed by atoms with Crippen LogP contribution in [0.25, 0.3) is 0 Å². The van der Waals surface area contributed by atoms with E-state index in [-0.39, 0.29) is 13.2 Å². The van der Waals surface area contributed by atoms with E-state index in [4.69, 9.17) is 34.4 Å². The second-order valence-corrected chi connectivity index (χ2v) is 14.4. The first-order valence-corrected chi connectivity index (χ1v) is 21.4. The Balaban J connectivity index is 1.80. The minimum atomic E-state index is 0.283. The predicted octanol–water partition coefficient (Wildman–Crippen LogP) is 15.0. The third kappa shape index (κ3) is 29.2. The van der Waals surface area contributed by atoms with E-state index in [0.29, 0.717) is 24.4 Å². The van der Waals surface area contributed by atoms with Gasteiger partial charge >= 0.3 is 0 Å². The summed E-state index contributed by atoms with van der Waals surface area (Å²) in [6, 6.07) is 19.7. The molecule has 2 rings (SSSR count). The lowest BCUT2D eigenvalue weighted by Gasteiger charge is -2.10. The van der Waals surface area contributed by atoms with Gasteiger partial charge in [-0.3, -0.25) is 0 Å². The summed E-state index contributed by atoms with van der Waals surface area (Å²) in [7, 11) is 0. The van der Waals surface area contributed by atoms with Crippen molar-refractivity contribution in [3.8, 4) is 0 Å². The molecule has 0 fully saturated rings. The molecule has 7 nitrogen and oxygen atoms in total. The van der Waals surface area contributed by atoms with Crippen molar-refractivity contribution in [2.75, 3.05) is 0 Å². The van der Waals surface area contributed by atoms with Gasteiger partial charge in [0, 0.05) is 12.8 Å². The molecule has 0 amide bonds. The van der Waals surface area contributed by atoms with Gasteiger partial charge in [-0.15, -0.1) is 0 Å². The van der Waals surface area contributed by atoms with Crippen LogP contribution in [0.5, 0.6) is 0 Å². The fourth-order valence-electron chi connectivity index (χ4n) is 6.17. The van der Waals surface area contributed by atoms with Gasteiger partial charge in [0.15, 0.2) is 11.5 Å². The zero-order valence-electron chi connectivity index (χ0n) is 33.6. The van der Waals surface area contributed by atoms with Gasteiger partial charge < -0.3 is 14.5 Å². The largest absolute Gasteiger partial charge is 0.465 e. The summed E-state index contributed by atoms with van der Waals surface area (Å²) in [5.41, 5.74) is 1.99. The number of allylic oxidation sites excluding steroid dienone is 2. The van der Waals surface area contributed by atoms with E-state index in [1.54, 1.807) is 12.5 Å². The van der Waals surface area contributed by atoms with E-state index in [9.17, 15) is 0 Å². The number of hydrogen-bond acceptors (Lipinski definition) is 7. The van der Waals surface area contributed by atoms with Crippen LogP contribution in [0.15, 0.2) is 84.7 Å². The van der Waals surface area contributed by atoms with Crippen LogP contribution in [0.1, 0.15) is 192 Å². The molecule has 0 radical (unpaired) electrons. The van der Waals surface area contributed by atoms with E-state index in [1.807, 2.05) is 60.7 Å². The highest BCUT2D eigenvalue weighted by atomic mass is 17.5. The zero-order valence-corrected chi connectivity index (χ0v) is 33.6. The lowest BCUT2D eigenvalue weighted by molar-refractivity contribution is -0.503. The molecule has 0 aliphatic rings. The van der Waals surface area contributed by atoms with Crippen molar-refractivity contribution in [1.82, 2.24) is 0 Å². The number of ether oxygens (including phenoxy) is 1. The Bertz CT molecular complexity index is 1020. The molecule has 0 saturated carbocycles. The van der Waals surface area contributed by atoms with Gasteiger partial charge in [-0.2, -0.15) is 9.78 Å². The zero-order chi connectivity index (χ0) is 37.5. The Morgan fingerprint density at radius 3 is 1.02 bits per heavy atom. The summed E-state index contributed by atoms with van der Waals surface area (Å²) in [4.78, 5) is 21.8. The Morgan fingerprint density at radius 1 is 0.396 bits per heavy atom. The van der Waals surface area contributed by atoms with Crippen LogP contribution in [0.4, 0.5) is 0 Å². The van der Waals surface area contributed by atoms with E-state index >= 15 is 0 Å². The molecule has 0 atom stereocenters. The second-order valence-electron chi connectivity index (χ2n) is 14.4. The van der Waals surface area contributed by atoms with Gasteiger partial charge in [0.1, 0.15) is 25.7 Å². The normalized spacial score (nSPS) is 12.0. The minimum Gasteiger partial charge on any atom is -0.465 e. The fraction of sp³-hybridized carbons (Fsp3) is 0.652. The molecule has 2 aromatic rings. The van der Waals surface area contributed by atoms with Crippen molar-refractivity contribution in [2.24, 2.45) is 0 Å². The second kappa shape index (κ2) is 36.2. The van der Waals surface area contributed by atoms with Crippen molar-refractivity contribution < 1.29 is 34.4 Å². The molecule has 0 bridgehead atoms. The number of benzene rings is 2. The predicted molar refractivity (Wildman–Crippen MR) is 215 cm³/mol. The van der Waals surface area contributed by atoms with Crippen molar-refractivity contribution in [2.45, 2.75) is 194 Å². The first-order valence-electron chi connectivity index (χ1n) is 21.4. The van der Waals surface area contributed by atoms with Crippen LogP contribution in [0, 0.1) is 0 Å². The van der Waals surface area contributed by atoms with Gasteiger partial charge in [-0.1, -0.05) is 216 Å². The van der Waals surface area contributed by atoms with Crippen molar-refractivity contribution in [3.63, 3.8) is 0 Å². The van der Waals surface area contributed by atoms with Gasteiger partial charge in [-0.25, -0.2) is 0 Å². The van der Waals surface area contributed by atoms with Gasteiger partial charge in [0.05, 0.1) is 0 Å². The quantitative estimate of drug-likeness (QED) is 0.0294. The molecule has 0 aliphatic carbocycles. The van der Waals surface area contributed by atoms with E-state index < -0.39 is 0 Å². The van der Waals surface area contributed by atoms with Crippen LogP contribution in [0.2, 0.25) is 0 Å². The van der Waals surface area contributed by atoms with Crippen LogP contribution < -0.4 is 0 Å². The smallest absolute Gasteiger partial charge is 0.180 e. The summed E-state index contributed by atoms with van der Waals surface area (Å²) in [6.45, 7) is 5.11. The highest BCUT2D eigenvalue weighted by Gasteiger charge is 2.07. The highest BCUT2D eigenvalue weighted by molar-refractivity contribution is 5.13. The molecule has 7 heteroatoms. The van der Waals surface area contributed by atoms with E-state index in [2.05, 4.69) is 13.8 Å². The standard InChI is InChI=1S/C46H74O7/c1-3-5-7-9-11-13-15-17-19-21-23-31-37-45(50-52-48-39-43-33-27-25-28-34-43)41-47-42-46(51-53-49-40-44-35-29-26-30-36-44)38-32-24-22-20-18-16-14-12-10-8-6-4-2/h25-30,33-36,41-42H,3-24,31-32,37-40H2,1-2H3. The maximum absolute atomic E-state index is 5.86. The van der Waals surface area contributed by atoms with Crippen LogP contribution in [0.3, 0.4) is 0 Å². The summed E-state index contributed by atoms with van der Waals surface area (Å²) >= 11 is 0. The molecular weight excluding hydrogens is 664 g/mol. The maximum Gasteiger partial charge on any atom is 0.180 e. The molecule has 0 heterocycles. The summed E-state index contributed by atoms with van der Waals surface area (Å²) in [6.07, 6.45) is 35.4. The van der Waals surface area contributed by atoms with Gasteiger partial charge in [0.25, 0.3) is 0 Å². The third-order valence-corrected chi connectivity index (χ3v) is 9.47. The first kappa shape index (κ1) is 46.3.